The third-order valence-electron chi connectivity index (χ3n) is 4.69. The third kappa shape index (κ3) is 4.60. The minimum atomic E-state index is -3.57. The van der Waals surface area contributed by atoms with E-state index in [1.165, 1.54) is 28.6 Å². The van der Waals surface area contributed by atoms with Gasteiger partial charge < -0.3 is 9.15 Å². The molecular weight excluding hydrogens is 404 g/mol. The summed E-state index contributed by atoms with van der Waals surface area (Å²) >= 11 is 0. The highest BCUT2D eigenvalue weighted by atomic mass is 32.2. The molecule has 0 unspecified atom stereocenters. The van der Waals surface area contributed by atoms with Gasteiger partial charge >= 0.3 is 5.97 Å². The Morgan fingerprint density at radius 1 is 1.03 bits per heavy atom. The Hall–Kier alpha value is -2.97. The summed E-state index contributed by atoms with van der Waals surface area (Å²) in [4.78, 5) is 16.9. The van der Waals surface area contributed by atoms with E-state index in [2.05, 4.69) is 4.98 Å². The number of ether oxygens (including phenoxy) is 1. The Kier molecular flexibility index (Phi) is 6.69. The molecule has 0 N–H and O–H groups in total. The van der Waals surface area contributed by atoms with Crippen molar-refractivity contribution in [2.75, 3.05) is 13.1 Å². The summed E-state index contributed by atoms with van der Waals surface area (Å²) in [6.07, 6.45) is 0. The lowest BCUT2D eigenvalue weighted by atomic mass is 10.2. The van der Waals surface area contributed by atoms with Gasteiger partial charge in [-0.1, -0.05) is 32.0 Å². The molecule has 0 amide bonds. The van der Waals surface area contributed by atoms with Crippen molar-refractivity contribution in [2.45, 2.75) is 32.3 Å². The van der Waals surface area contributed by atoms with E-state index in [-0.39, 0.29) is 17.1 Å². The molecular formula is C22H24N2O5S. The van der Waals surface area contributed by atoms with Crippen molar-refractivity contribution in [3.05, 3.63) is 71.6 Å². The Balaban J connectivity index is 1.68. The molecule has 0 fully saturated rings. The number of hydrogen-bond donors (Lipinski definition) is 0. The zero-order valence-corrected chi connectivity index (χ0v) is 18.0. The number of sulfonamides is 1. The first-order chi connectivity index (χ1) is 14.4. The van der Waals surface area contributed by atoms with Crippen LogP contribution in [0.1, 0.15) is 35.7 Å². The van der Waals surface area contributed by atoms with Gasteiger partial charge in [-0.2, -0.15) is 4.31 Å². The molecule has 2 aromatic carbocycles. The molecule has 30 heavy (non-hydrogen) atoms. The number of benzene rings is 2. The summed E-state index contributed by atoms with van der Waals surface area (Å²) in [5, 5.41) is 0. The van der Waals surface area contributed by atoms with Gasteiger partial charge in [0.25, 0.3) is 0 Å². The maximum Gasteiger partial charge on any atom is 0.338 e. The van der Waals surface area contributed by atoms with Gasteiger partial charge in [0.15, 0.2) is 0 Å². The van der Waals surface area contributed by atoms with E-state index in [9.17, 15) is 13.2 Å². The Bertz CT molecular complexity index is 1100. The van der Waals surface area contributed by atoms with Crippen molar-refractivity contribution in [1.82, 2.24) is 9.29 Å². The zero-order valence-electron chi connectivity index (χ0n) is 17.2. The molecule has 0 bridgehead atoms. The van der Waals surface area contributed by atoms with Crippen molar-refractivity contribution in [3.8, 4) is 11.5 Å². The first-order valence-electron chi connectivity index (χ1n) is 9.65. The number of rotatable bonds is 8. The second kappa shape index (κ2) is 9.23. The van der Waals surface area contributed by atoms with Crippen molar-refractivity contribution in [3.63, 3.8) is 0 Å². The Morgan fingerprint density at radius 3 is 2.27 bits per heavy atom. The third-order valence-corrected chi connectivity index (χ3v) is 6.75. The second-order valence-electron chi connectivity index (χ2n) is 6.58. The molecule has 0 spiro atoms. The van der Waals surface area contributed by atoms with E-state index in [4.69, 9.17) is 9.15 Å². The molecule has 3 aromatic rings. The van der Waals surface area contributed by atoms with E-state index in [1.54, 1.807) is 20.8 Å². The van der Waals surface area contributed by atoms with Crippen molar-refractivity contribution in [2.24, 2.45) is 0 Å². The van der Waals surface area contributed by atoms with Gasteiger partial charge in [-0.05, 0) is 43.3 Å². The smallest absolute Gasteiger partial charge is 0.338 e. The molecule has 1 aromatic heterocycles. The molecule has 0 saturated carbocycles. The van der Waals surface area contributed by atoms with E-state index in [0.717, 1.165) is 5.56 Å². The summed E-state index contributed by atoms with van der Waals surface area (Å²) in [6, 6.07) is 15.2. The van der Waals surface area contributed by atoms with Gasteiger partial charge in [0, 0.05) is 18.7 Å². The van der Waals surface area contributed by atoms with Crippen LogP contribution < -0.4 is 0 Å². The van der Waals surface area contributed by atoms with E-state index >= 15 is 0 Å². The maximum absolute atomic E-state index is 12.5. The highest BCUT2D eigenvalue weighted by Gasteiger charge is 2.22. The van der Waals surface area contributed by atoms with Gasteiger partial charge in [-0.15, -0.1) is 0 Å². The summed E-state index contributed by atoms with van der Waals surface area (Å²) in [5.41, 5.74) is 1.63. The van der Waals surface area contributed by atoms with Crippen LogP contribution in [-0.2, 0) is 21.4 Å². The van der Waals surface area contributed by atoms with Crippen LogP contribution in [0.25, 0.3) is 11.5 Å². The molecule has 0 atom stereocenters. The topological polar surface area (TPSA) is 89.7 Å². The summed E-state index contributed by atoms with van der Waals surface area (Å²) < 4.78 is 37.4. The van der Waals surface area contributed by atoms with Crippen LogP contribution >= 0.6 is 0 Å². The Morgan fingerprint density at radius 2 is 1.67 bits per heavy atom. The second-order valence-corrected chi connectivity index (χ2v) is 8.52. The number of aromatic nitrogens is 1. The average Bonchev–Trinajstić information content (AvgIpc) is 3.14. The van der Waals surface area contributed by atoms with E-state index in [1.807, 2.05) is 30.3 Å². The van der Waals surface area contributed by atoms with Crippen LogP contribution in [0.15, 0.2) is 63.9 Å². The van der Waals surface area contributed by atoms with E-state index in [0.29, 0.717) is 30.4 Å². The van der Waals surface area contributed by atoms with Gasteiger partial charge in [0.2, 0.25) is 15.9 Å². The van der Waals surface area contributed by atoms with Crippen LogP contribution in [-0.4, -0.2) is 36.8 Å². The van der Waals surface area contributed by atoms with Gasteiger partial charge in [-0.25, -0.2) is 18.2 Å². The summed E-state index contributed by atoms with van der Waals surface area (Å²) in [7, 11) is -3.57. The first-order valence-corrected chi connectivity index (χ1v) is 11.1. The van der Waals surface area contributed by atoms with Crippen molar-refractivity contribution >= 4 is 16.0 Å². The minimum absolute atomic E-state index is 0.0412. The summed E-state index contributed by atoms with van der Waals surface area (Å²) in [6.45, 7) is 6.04. The highest BCUT2D eigenvalue weighted by Crippen LogP contribution is 2.22. The van der Waals surface area contributed by atoms with Gasteiger partial charge in [0.1, 0.15) is 18.1 Å². The first kappa shape index (κ1) is 21.7. The summed E-state index contributed by atoms with van der Waals surface area (Å²) in [5.74, 6) is 0.470. The molecule has 7 nitrogen and oxygen atoms in total. The lowest BCUT2D eigenvalue weighted by molar-refractivity contribution is 0.0467. The number of carbonyl (C=O) groups excluding carboxylic acids is 1. The van der Waals surface area contributed by atoms with E-state index < -0.39 is 16.0 Å². The maximum atomic E-state index is 12.5. The normalized spacial score (nSPS) is 11.6. The van der Waals surface area contributed by atoms with Crippen LogP contribution in [0, 0.1) is 6.92 Å². The number of carbonyl (C=O) groups is 1. The molecule has 158 valence electrons. The SMILES string of the molecule is CCN(CC)S(=O)(=O)c1ccc(C(=O)OCc2nc(-c3ccccc3)oc2C)cc1. The standard InChI is InChI=1S/C22H24N2O5S/c1-4-24(5-2)30(26,27)19-13-11-18(12-14-19)22(25)28-15-20-16(3)29-21(23-20)17-9-7-6-8-10-17/h6-14H,4-5,15H2,1-3H3. The highest BCUT2D eigenvalue weighted by molar-refractivity contribution is 7.89. The number of esters is 1. The quantitative estimate of drug-likeness (QED) is 0.503. The zero-order chi connectivity index (χ0) is 21.7. The molecule has 0 saturated heterocycles. The number of aryl methyl sites for hydroxylation is 1. The fraction of sp³-hybridized carbons (Fsp3) is 0.273. The van der Waals surface area contributed by atoms with Crippen LogP contribution in [0.2, 0.25) is 0 Å². The monoisotopic (exact) mass is 428 g/mol. The lowest BCUT2D eigenvalue weighted by Gasteiger charge is -2.18. The Labute approximate surface area is 176 Å². The molecule has 8 heteroatoms. The van der Waals surface area contributed by atoms with Crippen molar-refractivity contribution in [1.29, 1.82) is 0 Å². The predicted molar refractivity (Wildman–Crippen MR) is 112 cm³/mol. The van der Waals surface area contributed by atoms with Crippen LogP contribution in [0.5, 0.6) is 0 Å². The number of oxazole rings is 1. The van der Waals surface area contributed by atoms with Crippen LogP contribution in [0.3, 0.4) is 0 Å². The van der Waals surface area contributed by atoms with Crippen LogP contribution in [0.4, 0.5) is 0 Å². The molecule has 0 radical (unpaired) electrons. The number of nitrogens with zero attached hydrogens (tertiary/aromatic N) is 2. The van der Waals surface area contributed by atoms with Gasteiger partial charge in [0.05, 0.1) is 10.5 Å². The molecule has 0 aliphatic carbocycles. The average molecular weight is 429 g/mol. The van der Waals surface area contributed by atoms with Gasteiger partial charge in [-0.3, -0.25) is 0 Å². The lowest BCUT2D eigenvalue weighted by Crippen LogP contribution is -2.30. The fourth-order valence-corrected chi connectivity index (χ4v) is 4.42. The van der Waals surface area contributed by atoms with Crippen molar-refractivity contribution < 1.29 is 22.4 Å². The molecule has 0 aliphatic rings. The minimum Gasteiger partial charge on any atom is -0.455 e. The fourth-order valence-electron chi connectivity index (χ4n) is 2.96. The molecule has 1 heterocycles. The predicted octanol–water partition coefficient (Wildman–Crippen LogP) is 4.04. The molecule has 3 rings (SSSR count). The molecule has 0 aliphatic heterocycles. The largest absolute Gasteiger partial charge is 0.455 e. The number of hydrogen-bond acceptors (Lipinski definition) is 6.